The molecule has 1 atom stereocenters. The summed E-state index contributed by atoms with van der Waals surface area (Å²) in [4.78, 5) is 14.1. The van der Waals surface area contributed by atoms with Crippen molar-refractivity contribution in [1.82, 2.24) is 10.2 Å². The molecule has 1 fully saturated rings. The summed E-state index contributed by atoms with van der Waals surface area (Å²) < 4.78 is 5.26. The first-order chi connectivity index (χ1) is 8.22. The van der Waals surface area contributed by atoms with Gasteiger partial charge in [0.2, 0.25) is 0 Å². The molecule has 1 aromatic rings. The standard InChI is InChI=1S/C13H20N2O2/c1-3-14-11-5-4-7-15(9-11)13(16)12-10(2)6-8-17-12/h6,8,11,14H,3-5,7,9H2,1-2H3. The van der Waals surface area contributed by atoms with Crippen LogP contribution in [0.5, 0.6) is 0 Å². The number of rotatable bonds is 3. The number of hydrogen-bond acceptors (Lipinski definition) is 3. The Morgan fingerprint density at radius 2 is 2.47 bits per heavy atom. The monoisotopic (exact) mass is 236 g/mol. The van der Waals surface area contributed by atoms with Crippen molar-refractivity contribution in [3.8, 4) is 0 Å². The van der Waals surface area contributed by atoms with Crippen molar-refractivity contribution in [2.75, 3.05) is 19.6 Å². The number of amides is 1. The number of piperidine rings is 1. The molecule has 4 nitrogen and oxygen atoms in total. The highest BCUT2D eigenvalue weighted by Gasteiger charge is 2.26. The summed E-state index contributed by atoms with van der Waals surface area (Å²) in [6.07, 6.45) is 3.78. The molecule has 1 aliphatic heterocycles. The Kier molecular flexibility index (Phi) is 3.84. The zero-order chi connectivity index (χ0) is 12.3. The fourth-order valence-corrected chi connectivity index (χ4v) is 2.35. The van der Waals surface area contributed by atoms with Gasteiger partial charge in [-0.3, -0.25) is 4.79 Å². The minimum atomic E-state index is 0.0232. The van der Waals surface area contributed by atoms with Gasteiger partial charge >= 0.3 is 0 Å². The van der Waals surface area contributed by atoms with E-state index in [-0.39, 0.29) is 5.91 Å². The topological polar surface area (TPSA) is 45.5 Å². The van der Waals surface area contributed by atoms with E-state index in [4.69, 9.17) is 4.42 Å². The maximum Gasteiger partial charge on any atom is 0.289 e. The molecular weight excluding hydrogens is 216 g/mol. The molecule has 1 saturated heterocycles. The molecule has 1 amide bonds. The summed E-state index contributed by atoms with van der Waals surface area (Å²) in [6, 6.07) is 2.26. The van der Waals surface area contributed by atoms with Gasteiger partial charge in [-0.25, -0.2) is 0 Å². The van der Waals surface area contributed by atoms with Crippen LogP contribution >= 0.6 is 0 Å². The van der Waals surface area contributed by atoms with Gasteiger partial charge in [-0.2, -0.15) is 0 Å². The van der Waals surface area contributed by atoms with E-state index >= 15 is 0 Å². The van der Waals surface area contributed by atoms with Crippen LogP contribution in [0.4, 0.5) is 0 Å². The molecule has 0 spiro atoms. The van der Waals surface area contributed by atoms with Gasteiger partial charge in [0, 0.05) is 24.7 Å². The number of nitrogens with one attached hydrogen (secondary N) is 1. The van der Waals surface area contributed by atoms with Crippen LogP contribution in [0, 0.1) is 6.92 Å². The van der Waals surface area contributed by atoms with Crippen molar-refractivity contribution in [1.29, 1.82) is 0 Å². The van der Waals surface area contributed by atoms with E-state index in [1.165, 1.54) is 0 Å². The average Bonchev–Trinajstić information content (AvgIpc) is 2.75. The molecule has 2 heterocycles. The first kappa shape index (κ1) is 12.2. The van der Waals surface area contributed by atoms with Crippen LogP contribution in [0.2, 0.25) is 0 Å². The average molecular weight is 236 g/mol. The molecule has 0 aliphatic carbocycles. The highest BCUT2D eigenvalue weighted by Crippen LogP contribution is 2.16. The Morgan fingerprint density at radius 1 is 1.65 bits per heavy atom. The van der Waals surface area contributed by atoms with Gasteiger partial charge in [0.05, 0.1) is 6.26 Å². The maximum atomic E-state index is 12.2. The third kappa shape index (κ3) is 2.69. The first-order valence-electron chi connectivity index (χ1n) is 6.29. The second-order valence-electron chi connectivity index (χ2n) is 4.58. The number of carbonyl (C=O) groups is 1. The van der Waals surface area contributed by atoms with Gasteiger partial charge < -0.3 is 14.6 Å². The van der Waals surface area contributed by atoms with Crippen LogP contribution in [-0.4, -0.2) is 36.5 Å². The number of carbonyl (C=O) groups excluding carboxylic acids is 1. The van der Waals surface area contributed by atoms with Crippen LogP contribution in [0.15, 0.2) is 16.7 Å². The summed E-state index contributed by atoms with van der Waals surface area (Å²) in [6.45, 7) is 6.57. The lowest BCUT2D eigenvalue weighted by Gasteiger charge is -2.32. The fourth-order valence-electron chi connectivity index (χ4n) is 2.35. The Labute approximate surface area is 102 Å². The number of nitrogens with zero attached hydrogens (tertiary/aromatic N) is 1. The van der Waals surface area contributed by atoms with Gasteiger partial charge in [-0.1, -0.05) is 6.92 Å². The van der Waals surface area contributed by atoms with E-state index in [0.29, 0.717) is 11.8 Å². The van der Waals surface area contributed by atoms with E-state index in [2.05, 4.69) is 12.2 Å². The first-order valence-corrected chi connectivity index (χ1v) is 6.29. The molecule has 1 unspecified atom stereocenters. The quantitative estimate of drug-likeness (QED) is 0.870. The molecule has 0 bridgehead atoms. The highest BCUT2D eigenvalue weighted by atomic mass is 16.3. The van der Waals surface area contributed by atoms with Crippen LogP contribution in [0.1, 0.15) is 35.9 Å². The lowest BCUT2D eigenvalue weighted by Crippen LogP contribution is -2.48. The van der Waals surface area contributed by atoms with Crippen LogP contribution in [0.3, 0.4) is 0 Å². The second kappa shape index (κ2) is 5.36. The van der Waals surface area contributed by atoms with E-state index in [9.17, 15) is 4.79 Å². The van der Waals surface area contributed by atoms with E-state index in [1.54, 1.807) is 6.26 Å². The Bertz CT molecular complexity index is 385. The van der Waals surface area contributed by atoms with Gasteiger partial charge in [-0.15, -0.1) is 0 Å². The van der Waals surface area contributed by atoms with Crippen molar-refractivity contribution in [3.63, 3.8) is 0 Å². The van der Waals surface area contributed by atoms with Gasteiger partial charge in [0.15, 0.2) is 5.76 Å². The van der Waals surface area contributed by atoms with Crippen molar-refractivity contribution >= 4 is 5.91 Å². The van der Waals surface area contributed by atoms with Crippen molar-refractivity contribution in [2.45, 2.75) is 32.7 Å². The van der Waals surface area contributed by atoms with Gasteiger partial charge in [-0.05, 0) is 32.4 Å². The third-order valence-corrected chi connectivity index (χ3v) is 3.26. The van der Waals surface area contributed by atoms with Gasteiger partial charge in [0.1, 0.15) is 0 Å². The minimum Gasteiger partial charge on any atom is -0.459 e. The smallest absolute Gasteiger partial charge is 0.289 e. The fraction of sp³-hybridized carbons (Fsp3) is 0.615. The molecule has 2 rings (SSSR count). The normalized spacial score (nSPS) is 20.6. The molecular formula is C13H20N2O2. The highest BCUT2D eigenvalue weighted by molar-refractivity contribution is 5.92. The number of hydrogen-bond donors (Lipinski definition) is 1. The largest absolute Gasteiger partial charge is 0.459 e. The van der Waals surface area contributed by atoms with Crippen LogP contribution in [-0.2, 0) is 0 Å². The maximum absolute atomic E-state index is 12.2. The number of likely N-dealkylation sites (N-methyl/N-ethyl adjacent to an activating group) is 1. The third-order valence-electron chi connectivity index (χ3n) is 3.26. The summed E-state index contributed by atoms with van der Waals surface area (Å²) in [7, 11) is 0. The molecule has 0 saturated carbocycles. The predicted octanol–water partition coefficient (Wildman–Crippen LogP) is 1.80. The zero-order valence-corrected chi connectivity index (χ0v) is 10.5. The van der Waals surface area contributed by atoms with Crippen molar-refractivity contribution < 1.29 is 9.21 Å². The van der Waals surface area contributed by atoms with Crippen molar-refractivity contribution in [3.05, 3.63) is 23.7 Å². The van der Waals surface area contributed by atoms with Crippen LogP contribution in [0.25, 0.3) is 0 Å². The SMILES string of the molecule is CCNC1CCCN(C(=O)c2occc2C)C1. The van der Waals surface area contributed by atoms with Crippen molar-refractivity contribution in [2.24, 2.45) is 0 Å². The summed E-state index contributed by atoms with van der Waals surface area (Å²) in [5.41, 5.74) is 0.917. The summed E-state index contributed by atoms with van der Waals surface area (Å²) in [5.74, 6) is 0.511. The predicted molar refractivity (Wildman–Crippen MR) is 66.0 cm³/mol. The molecule has 1 aliphatic rings. The molecule has 4 heteroatoms. The lowest BCUT2D eigenvalue weighted by atomic mass is 10.1. The van der Waals surface area contributed by atoms with Crippen LogP contribution < -0.4 is 5.32 Å². The Balaban J connectivity index is 2.02. The molecule has 1 aromatic heterocycles. The molecule has 1 N–H and O–H groups in total. The molecule has 0 radical (unpaired) electrons. The zero-order valence-electron chi connectivity index (χ0n) is 10.5. The summed E-state index contributed by atoms with van der Waals surface area (Å²) in [5, 5.41) is 3.40. The molecule has 0 aromatic carbocycles. The van der Waals surface area contributed by atoms with E-state index in [1.807, 2.05) is 17.9 Å². The Morgan fingerprint density at radius 3 is 3.12 bits per heavy atom. The number of aryl methyl sites for hydroxylation is 1. The lowest BCUT2D eigenvalue weighted by molar-refractivity contribution is 0.0662. The number of likely N-dealkylation sites (tertiary alicyclic amines) is 1. The van der Waals surface area contributed by atoms with E-state index < -0.39 is 0 Å². The second-order valence-corrected chi connectivity index (χ2v) is 4.58. The Hall–Kier alpha value is -1.29. The number of furan rings is 1. The summed E-state index contributed by atoms with van der Waals surface area (Å²) >= 11 is 0. The molecule has 94 valence electrons. The minimum absolute atomic E-state index is 0.0232. The van der Waals surface area contributed by atoms with Gasteiger partial charge in [0.25, 0.3) is 5.91 Å². The molecule has 17 heavy (non-hydrogen) atoms. The van der Waals surface area contributed by atoms with E-state index in [0.717, 1.165) is 38.0 Å².